The summed E-state index contributed by atoms with van der Waals surface area (Å²) < 4.78 is 2.02. The van der Waals surface area contributed by atoms with E-state index < -0.39 is 0 Å². The third-order valence-corrected chi connectivity index (χ3v) is 5.61. The molecule has 0 spiro atoms. The summed E-state index contributed by atoms with van der Waals surface area (Å²) in [5, 5.41) is 5.64. The van der Waals surface area contributed by atoms with Crippen LogP contribution in [0.5, 0.6) is 0 Å². The Bertz CT molecular complexity index is 935. The molecule has 136 valence electrons. The van der Waals surface area contributed by atoms with Gasteiger partial charge in [-0.2, -0.15) is 9.61 Å². The van der Waals surface area contributed by atoms with Gasteiger partial charge in [-0.15, -0.1) is 0 Å². The van der Waals surface area contributed by atoms with Gasteiger partial charge in [0.25, 0.3) is 0 Å². The van der Waals surface area contributed by atoms with E-state index in [2.05, 4.69) is 38.7 Å². The molecule has 1 aliphatic heterocycles. The van der Waals surface area contributed by atoms with Gasteiger partial charge in [0.2, 0.25) is 0 Å². The molecule has 1 aliphatic rings. The van der Waals surface area contributed by atoms with E-state index in [9.17, 15) is 0 Å². The van der Waals surface area contributed by atoms with E-state index in [0.29, 0.717) is 11.8 Å². The quantitative estimate of drug-likeness (QED) is 0.627. The Labute approximate surface area is 159 Å². The van der Waals surface area contributed by atoms with Crippen molar-refractivity contribution < 1.29 is 0 Å². The van der Waals surface area contributed by atoms with Crippen molar-refractivity contribution in [3.8, 4) is 11.3 Å². The van der Waals surface area contributed by atoms with Crippen molar-refractivity contribution in [3.05, 3.63) is 46.6 Å². The summed E-state index contributed by atoms with van der Waals surface area (Å²) in [4.78, 5) is 7.27. The van der Waals surface area contributed by atoms with Gasteiger partial charge in [-0.1, -0.05) is 37.6 Å². The van der Waals surface area contributed by atoms with E-state index in [0.717, 1.165) is 40.7 Å². The number of aromatic nitrogens is 3. The van der Waals surface area contributed by atoms with Gasteiger partial charge in [0.05, 0.1) is 5.69 Å². The maximum Gasteiger partial charge on any atom is 0.158 e. The lowest BCUT2D eigenvalue weighted by atomic mass is 9.91. The number of aryl methyl sites for hydroxylation is 1. The zero-order valence-corrected chi connectivity index (χ0v) is 16.6. The van der Waals surface area contributed by atoms with Crippen molar-refractivity contribution >= 4 is 23.1 Å². The highest BCUT2D eigenvalue weighted by molar-refractivity contribution is 6.30. The smallest absolute Gasteiger partial charge is 0.158 e. The van der Waals surface area contributed by atoms with Crippen LogP contribution in [-0.4, -0.2) is 27.7 Å². The molecular formula is C21H25ClN4. The van der Waals surface area contributed by atoms with Crippen LogP contribution in [0.1, 0.15) is 31.5 Å². The molecule has 0 N–H and O–H groups in total. The standard InChI is InChI=1S/C21H25ClN4/c1-13-9-14(2)12-25(11-13)21-15(3)16(4)23-20-10-19(24-26(20)21)17-5-7-18(22)8-6-17/h5-8,10,13-14H,9,11-12H2,1-4H3/t13-,14-/m1/s1. The summed E-state index contributed by atoms with van der Waals surface area (Å²) in [7, 11) is 0. The lowest BCUT2D eigenvalue weighted by Gasteiger charge is -2.37. The first-order valence-electron chi connectivity index (χ1n) is 9.30. The number of hydrogen-bond donors (Lipinski definition) is 0. The van der Waals surface area contributed by atoms with Crippen molar-refractivity contribution in [2.75, 3.05) is 18.0 Å². The Balaban J connectivity index is 1.86. The van der Waals surface area contributed by atoms with Crippen LogP contribution in [-0.2, 0) is 0 Å². The first-order valence-corrected chi connectivity index (χ1v) is 9.68. The summed E-state index contributed by atoms with van der Waals surface area (Å²) in [6.45, 7) is 11.1. The Hall–Kier alpha value is -2.07. The number of anilines is 1. The monoisotopic (exact) mass is 368 g/mol. The largest absolute Gasteiger partial charge is 0.356 e. The molecule has 3 heterocycles. The second kappa shape index (κ2) is 6.58. The molecule has 0 bridgehead atoms. The van der Waals surface area contributed by atoms with Gasteiger partial charge >= 0.3 is 0 Å². The topological polar surface area (TPSA) is 33.4 Å². The predicted molar refractivity (Wildman–Crippen MR) is 108 cm³/mol. The van der Waals surface area contributed by atoms with Crippen LogP contribution in [0.3, 0.4) is 0 Å². The number of hydrogen-bond acceptors (Lipinski definition) is 3. The lowest BCUT2D eigenvalue weighted by Crippen LogP contribution is -2.40. The summed E-state index contributed by atoms with van der Waals surface area (Å²) in [5.41, 5.74) is 5.17. The zero-order valence-electron chi connectivity index (χ0n) is 15.8. The fraction of sp³-hybridized carbons (Fsp3) is 0.429. The molecule has 1 fully saturated rings. The van der Waals surface area contributed by atoms with Gasteiger partial charge in [0.15, 0.2) is 5.65 Å². The normalized spacial score (nSPS) is 20.7. The van der Waals surface area contributed by atoms with Crippen molar-refractivity contribution in [2.45, 2.75) is 34.1 Å². The predicted octanol–water partition coefficient (Wildman–Crippen LogP) is 5.15. The average molecular weight is 369 g/mol. The first-order chi connectivity index (χ1) is 12.4. The summed E-state index contributed by atoms with van der Waals surface area (Å²) in [6.07, 6.45) is 1.29. The minimum atomic E-state index is 0.688. The zero-order chi connectivity index (χ0) is 18.4. The molecule has 26 heavy (non-hydrogen) atoms. The molecule has 1 saturated heterocycles. The molecule has 0 radical (unpaired) electrons. The SMILES string of the molecule is Cc1nc2cc(-c3ccc(Cl)cc3)nn2c(N2C[C@H](C)C[C@@H](C)C2)c1C. The van der Waals surface area contributed by atoms with Gasteiger partial charge < -0.3 is 4.90 Å². The average Bonchev–Trinajstić information content (AvgIpc) is 2.98. The maximum absolute atomic E-state index is 6.03. The first kappa shape index (κ1) is 17.3. The van der Waals surface area contributed by atoms with Crippen LogP contribution in [0.15, 0.2) is 30.3 Å². The molecule has 3 aromatic rings. The summed E-state index contributed by atoms with van der Waals surface area (Å²) >= 11 is 6.03. The van der Waals surface area contributed by atoms with Crippen LogP contribution >= 0.6 is 11.6 Å². The summed E-state index contributed by atoms with van der Waals surface area (Å²) in [5.74, 6) is 2.56. The number of halogens is 1. The number of rotatable bonds is 2. The molecule has 1 aromatic carbocycles. The van der Waals surface area contributed by atoms with E-state index in [-0.39, 0.29) is 0 Å². The van der Waals surface area contributed by atoms with Crippen molar-refractivity contribution in [3.63, 3.8) is 0 Å². The van der Waals surface area contributed by atoms with Gasteiger partial charge in [0.1, 0.15) is 5.82 Å². The van der Waals surface area contributed by atoms with E-state index >= 15 is 0 Å². The van der Waals surface area contributed by atoms with Crippen molar-refractivity contribution in [2.24, 2.45) is 11.8 Å². The fourth-order valence-electron chi connectivity index (χ4n) is 4.15. The summed E-state index contributed by atoms with van der Waals surface area (Å²) in [6, 6.07) is 9.89. The van der Waals surface area contributed by atoms with E-state index in [1.165, 1.54) is 17.8 Å². The molecule has 0 saturated carbocycles. The molecule has 0 unspecified atom stereocenters. The number of nitrogens with zero attached hydrogens (tertiary/aromatic N) is 4. The Morgan fingerprint density at radius 2 is 1.69 bits per heavy atom. The highest BCUT2D eigenvalue weighted by atomic mass is 35.5. The third kappa shape index (κ3) is 3.07. The molecule has 4 nitrogen and oxygen atoms in total. The Morgan fingerprint density at radius 1 is 1.04 bits per heavy atom. The molecule has 0 aliphatic carbocycles. The molecule has 0 amide bonds. The number of fused-ring (bicyclic) bond motifs is 1. The second-order valence-corrected chi connectivity index (χ2v) is 8.24. The van der Waals surface area contributed by atoms with E-state index in [1.54, 1.807) is 0 Å². The molecular weight excluding hydrogens is 344 g/mol. The molecule has 5 heteroatoms. The second-order valence-electron chi connectivity index (χ2n) is 7.80. The Kier molecular flexibility index (Phi) is 4.39. The minimum absolute atomic E-state index is 0.688. The third-order valence-electron chi connectivity index (χ3n) is 5.36. The van der Waals surface area contributed by atoms with Crippen LogP contribution in [0.2, 0.25) is 5.02 Å². The molecule has 2 atom stereocenters. The van der Waals surface area contributed by atoms with E-state index in [1.807, 2.05) is 28.8 Å². The van der Waals surface area contributed by atoms with E-state index in [4.69, 9.17) is 21.7 Å². The van der Waals surface area contributed by atoms with Crippen LogP contribution in [0.25, 0.3) is 16.9 Å². The maximum atomic E-state index is 6.03. The number of piperidine rings is 1. The highest BCUT2D eigenvalue weighted by Gasteiger charge is 2.26. The van der Waals surface area contributed by atoms with Crippen LogP contribution in [0, 0.1) is 25.7 Å². The van der Waals surface area contributed by atoms with Crippen LogP contribution in [0.4, 0.5) is 5.82 Å². The highest BCUT2D eigenvalue weighted by Crippen LogP contribution is 2.31. The lowest BCUT2D eigenvalue weighted by molar-refractivity contribution is 0.354. The van der Waals surface area contributed by atoms with Gasteiger partial charge in [0, 0.05) is 41.0 Å². The molecule has 4 rings (SSSR count). The van der Waals surface area contributed by atoms with Crippen molar-refractivity contribution in [1.29, 1.82) is 0 Å². The Morgan fingerprint density at radius 3 is 2.35 bits per heavy atom. The number of benzene rings is 1. The van der Waals surface area contributed by atoms with Gasteiger partial charge in [-0.05, 0) is 44.2 Å². The minimum Gasteiger partial charge on any atom is -0.356 e. The van der Waals surface area contributed by atoms with Crippen molar-refractivity contribution in [1.82, 2.24) is 14.6 Å². The van der Waals surface area contributed by atoms with Gasteiger partial charge in [-0.3, -0.25) is 0 Å². The fourth-order valence-corrected chi connectivity index (χ4v) is 4.28. The van der Waals surface area contributed by atoms with Gasteiger partial charge in [-0.25, -0.2) is 4.98 Å². The van der Waals surface area contributed by atoms with Crippen LogP contribution < -0.4 is 4.90 Å². The molecule has 2 aromatic heterocycles.